The van der Waals surface area contributed by atoms with Crippen molar-refractivity contribution in [3.8, 4) is 17.0 Å². The number of hydrogen-bond donors (Lipinski definition) is 2. The van der Waals surface area contributed by atoms with Gasteiger partial charge in [0.1, 0.15) is 5.75 Å². The third kappa shape index (κ3) is 4.84. The molecule has 2 aromatic carbocycles. The number of aromatic nitrogens is 4. The molecule has 2 N–H and O–H groups in total. The molecular weight excluding hydrogens is 396 g/mol. The van der Waals surface area contributed by atoms with Crippen molar-refractivity contribution in [2.75, 3.05) is 17.2 Å². The highest BCUT2D eigenvalue weighted by atomic mass is 16.5. The standard InChI is InChI=1S/C22H20N6O3/c1-14-25-26-21-11-10-20(27-28(14)21)16-4-3-5-18(12-16)24-22(30)13-31-19-8-6-17(7-9-19)23-15(2)29/h3-12H,13H2,1-2H3,(H,23,29)(H,24,30). The van der Waals surface area contributed by atoms with E-state index in [1.165, 1.54) is 6.92 Å². The van der Waals surface area contributed by atoms with Gasteiger partial charge < -0.3 is 15.4 Å². The zero-order chi connectivity index (χ0) is 21.8. The third-order valence-electron chi connectivity index (χ3n) is 4.41. The molecule has 0 bridgehead atoms. The summed E-state index contributed by atoms with van der Waals surface area (Å²) in [7, 11) is 0. The van der Waals surface area contributed by atoms with Crippen LogP contribution in [0.3, 0.4) is 0 Å². The van der Waals surface area contributed by atoms with Crippen molar-refractivity contribution in [3.05, 3.63) is 66.5 Å². The summed E-state index contributed by atoms with van der Waals surface area (Å²) in [4.78, 5) is 23.4. The van der Waals surface area contributed by atoms with Gasteiger partial charge in [-0.15, -0.1) is 10.2 Å². The van der Waals surface area contributed by atoms with Crippen molar-refractivity contribution in [2.45, 2.75) is 13.8 Å². The van der Waals surface area contributed by atoms with Crippen LogP contribution in [0.5, 0.6) is 5.75 Å². The monoisotopic (exact) mass is 416 g/mol. The van der Waals surface area contributed by atoms with Gasteiger partial charge in [-0.25, -0.2) is 0 Å². The molecule has 9 nitrogen and oxygen atoms in total. The van der Waals surface area contributed by atoms with E-state index in [1.54, 1.807) is 34.8 Å². The van der Waals surface area contributed by atoms with Crippen molar-refractivity contribution >= 4 is 28.8 Å². The Morgan fingerprint density at radius 1 is 0.968 bits per heavy atom. The molecule has 0 spiro atoms. The Bertz CT molecular complexity index is 1250. The van der Waals surface area contributed by atoms with Crippen molar-refractivity contribution in [1.29, 1.82) is 0 Å². The fourth-order valence-electron chi connectivity index (χ4n) is 2.99. The van der Waals surface area contributed by atoms with E-state index in [9.17, 15) is 9.59 Å². The number of hydrogen-bond acceptors (Lipinski definition) is 6. The molecule has 0 saturated carbocycles. The lowest BCUT2D eigenvalue weighted by atomic mass is 10.1. The second-order valence-electron chi connectivity index (χ2n) is 6.86. The summed E-state index contributed by atoms with van der Waals surface area (Å²) in [5.74, 6) is 0.784. The highest BCUT2D eigenvalue weighted by Crippen LogP contribution is 2.21. The number of nitrogens with zero attached hydrogens (tertiary/aromatic N) is 4. The first-order chi connectivity index (χ1) is 15.0. The Kier molecular flexibility index (Phi) is 5.57. The van der Waals surface area contributed by atoms with Crippen LogP contribution in [0.4, 0.5) is 11.4 Å². The van der Waals surface area contributed by atoms with Crippen LogP contribution in [0.1, 0.15) is 12.7 Å². The molecule has 0 aliphatic heterocycles. The predicted molar refractivity (Wildman–Crippen MR) is 116 cm³/mol. The molecule has 2 amide bonds. The summed E-state index contributed by atoms with van der Waals surface area (Å²) in [5.41, 5.74) is 3.56. The van der Waals surface area contributed by atoms with E-state index in [-0.39, 0.29) is 18.4 Å². The minimum absolute atomic E-state index is 0.145. The normalized spacial score (nSPS) is 10.6. The molecular formula is C22H20N6O3. The van der Waals surface area contributed by atoms with E-state index in [0.29, 0.717) is 28.6 Å². The number of benzene rings is 2. The van der Waals surface area contributed by atoms with E-state index < -0.39 is 0 Å². The Hall–Kier alpha value is -4.27. The van der Waals surface area contributed by atoms with E-state index >= 15 is 0 Å². The molecule has 0 aliphatic rings. The van der Waals surface area contributed by atoms with Crippen LogP contribution >= 0.6 is 0 Å². The fourth-order valence-corrected chi connectivity index (χ4v) is 2.99. The van der Waals surface area contributed by atoms with Gasteiger partial charge in [-0.2, -0.15) is 9.61 Å². The van der Waals surface area contributed by atoms with Crippen molar-refractivity contribution in [1.82, 2.24) is 19.8 Å². The van der Waals surface area contributed by atoms with Gasteiger partial charge in [0.2, 0.25) is 5.91 Å². The van der Waals surface area contributed by atoms with Crippen LogP contribution in [0, 0.1) is 6.92 Å². The van der Waals surface area contributed by atoms with Gasteiger partial charge >= 0.3 is 0 Å². The first-order valence-corrected chi connectivity index (χ1v) is 9.58. The quantitative estimate of drug-likeness (QED) is 0.500. The zero-order valence-electron chi connectivity index (χ0n) is 17.0. The third-order valence-corrected chi connectivity index (χ3v) is 4.41. The smallest absolute Gasteiger partial charge is 0.262 e. The highest BCUT2D eigenvalue weighted by molar-refractivity contribution is 5.92. The molecule has 2 aromatic heterocycles. The Morgan fingerprint density at radius 3 is 2.55 bits per heavy atom. The molecule has 0 aliphatic carbocycles. The molecule has 4 aromatic rings. The van der Waals surface area contributed by atoms with Gasteiger partial charge in [0.25, 0.3) is 5.91 Å². The number of carbonyl (C=O) groups is 2. The van der Waals surface area contributed by atoms with Crippen LogP contribution in [0.2, 0.25) is 0 Å². The molecule has 156 valence electrons. The topological polar surface area (TPSA) is 111 Å². The molecule has 31 heavy (non-hydrogen) atoms. The summed E-state index contributed by atoms with van der Waals surface area (Å²) >= 11 is 0. The van der Waals surface area contributed by atoms with Crippen LogP contribution in [0.15, 0.2) is 60.7 Å². The van der Waals surface area contributed by atoms with Gasteiger partial charge in [-0.1, -0.05) is 12.1 Å². The number of fused-ring (bicyclic) bond motifs is 1. The maximum Gasteiger partial charge on any atom is 0.262 e. The summed E-state index contributed by atoms with van der Waals surface area (Å²) in [6, 6.07) is 17.9. The summed E-state index contributed by atoms with van der Waals surface area (Å²) in [6.45, 7) is 3.13. The summed E-state index contributed by atoms with van der Waals surface area (Å²) in [5, 5.41) is 18.1. The van der Waals surface area contributed by atoms with Crippen LogP contribution < -0.4 is 15.4 Å². The van der Waals surface area contributed by atoms with Gasteiger partial charge in [-0.3, -0.25) is 9.59 Å². The van der Waals surface area contributed by atoms with E-state index in [2.05, 4.69) is 25.9 Å². The summed E-state index contributed by atoms with van der Waals surface area (Å²) < 4.78 is 7.19. The minimum Gasteiger partial charge on any atom is -0.484 e. The molecule has 2 heterocycles. The van der Waals surface area contributed by atoms with E-state index in [0.717, 1.165) is 11.3 Å². The molecule has 0 unspecified atom stereocenters. The fraction of sp³-hybridized carbons (Fsp3) is 0.136. The van der Waals surface area contributed by atoms with Crippen molar-refractivity contribution < 1.29 is 14.3 Å². The molecule has 0 fully saturated rings. The Morgan fingerprint density at radius 2 is 1.77 bits per heavy atom. The van der Waals surface area contributed by atoms with Gasteiger partial charge in [-0.05, 0) is 55.5 Å². The Labute approximate surface area is 178 Å². The number of carbonyl (C=O) groups excluding carboxylic acids is 2. The molecule has 0 saturated heterocycles. The molecule has 0 radical (unpaired) electrons. The number of rotatable bonds is 6. The summed E-state index contributed by atoms with van der Waals surface area (Å²) in [6.07, 6.45) is 0. The van der Waals surface area contributed by atoms with Gasteiger partial charge in [0.05, 0.1) is 5.69 Å². The first-order valence-electron chi connectivity index (χ1n) is 9.58. The number of aryl methyl sites for hydroxylation is 1. The van der Waals surface area contributed by atoms with Crippen LogP contribution in [-0.2, 0) is 9.59 Å². The molecule has 9 heteroatoms. The average molecular weight is 416 g/mol. The second kappa shape index (κ2) is 8.62. The van der Waals surface area contributed by atoms with E-state index in [4.69, 9.17) is 4.74 Å². The van der Waals surface area contributed by atoms with Crippen molar-refractivity contribution in [3.63, 3.8) is 0 Å². The van der Waals surface area contributed by atoms with Crippen LogP contribution in [0.25, 0.3) is 16.9 Å². The largest absolute Gasteiger partial charge is 0.484 e. The maximum absolute atomic E-state index is 12.3. The SMILES string of the molecule is CC(=O)Nc1ccc(OCC(=O)Nc2cccc(-c3ccc4nnc(C)n4n3)c2)cc1. The zero-order valence-corrected chi connectivity index (χ0v) is 17.0. The first kappa shape index (κ1) is 20.0. The predicted octanol–water partition coefficient (Wildman–Crippen LogP) is 3.08. The van der Waals surface area contributed by atoms with Crippen molar-refractivity contribution in [2.24, 2.45) is 0 Å². The highest BCUT2D eigenvalue weighted by Gasteiger charge is 2.08. The second-order valence-corrected chi connectivity index (χ2v) is 6.86. The lowest BCUT2D eigenvalue weighted by Gasteiger charge is -2.09. The van der Waals surface area contributed by atoms with Gasteiger partial charge in [0.15, 0.2) is 18.1 Å². The number of amides is 2. The average Bonchev–Trinajstić information content (AvgIpc) is 3.13. The lowest BCUT2D eigenvalue weighted by molar-refractivity contribution is -0.118. The van der Waals surface area contributed by atoms with Crippen LogP contribution in [-0.4, -0.2) is 38.2 Å². The molecule has 4 rings (SSSR count). The number of ether oxygens (including phenoxy) is 1. The van der Waals surface area contributed by atoms with Gasteiger partial charge in [0, 0.05) is 23.9 Å². The molecule has 0 atom stereocenters. The lowest BCUT2D eigenvalue weighted by Crippen LogP contribution is -2.20. The number of anilines is 2. The van der Waals surface area contributed by atoms with E-state index in [1.807, 2.05) is 37.3 Å². The maximum atomic E-state index is 12.3. The minimum atomic E-state index is -0.291. The number of nitrogens with one attached hydrogen (secondary N) is 2. The Balaban J connectivity index is 1.39.